The minimum absolute atomic E-state index is 0.311. The van der Waals surface area contributed by atoms with Crippen molar-refractivity contribution in [2.45, 2.75) is 13.8 Å². The predicted molar refractivity (Wildman–Crippen MR) is 54.9 cm³/mol. The van der Waals surface area contributed by atoms with Crippen LogP contribution in [0.5, 0.6) is 0 Å². The van der Waals surface area contributed by atoms with Gasteiger partial charge in [0.2, 0.25) is 0 Å². The molecule has 4 heteroatoms. The summed E-state index contributed by atoms with van der Waals surface area (Å²) in [6.07, 6.45) is 1.47. The van der Waals surface area contributed by atoms with E-state index in [4.69, 9.17) is 9.47 Å². The molecule has 0 saturated heterocycles. The zero-order chi connectivity index (χ0) is 11.0. The van der Waals surface area contributed by atoms with Gasteiger partial charge in [-0.2, -0.15) is 0 Å². The SMILES string of the molecule is CCOC=C(CN(C)C)C(=O)OCC. The molecule has 82 valence electrons. The second kappa shape index (κ2) is 7.38. The Bertz CT molecular complexity index is 200. The number of likely N-dealkylation sites (N-methyl/N-ethyl adjacent to an activating group) is 1. The van der Waals surface area contributed by atoms with Crippen molar-refractivity contribution in [3.05, 3.63) is 11.8 Å². The van der Waals surface area contributed by atoms with Gasteiger partial charge in [-0.3, -0.25) is 0 Å². The molecule has 0 N–H and O–H groups in total. The van der Waals surface area contributed by atoms with Gasteiger partial charge in [0.1, 0.15) is 0 Å². The van der Waals surface area contributed by atoms with Gasteiger partial charge in [0.15, 0.2) is 0 Å². The number of carbonyl (C=O) groups excluding carboxylic acids is 1. The van der Waals surface area contributed by atoms with E-state index in [2.05, 4.69) is 0 Å². The van der Waals surface area contributed by atoms with Gasteiger partial charge >= 0.3 is 5.97 Å². The van der Waals surface area contributed by atoms with E-state index in [0.29, 0.717) is 25.3 Å². The van der Waals surface area contributed by atoms with Crippen molar-refractivity contribution in [2.75, 3.05) is 33.9 Å². The average molecular weight is 201 g/mol. The molecule has 0 atom stereocenters. The highest BCUT2D eigenvalue weighted by Gasteiger charge is 2.11. The summed E-state index contributed by atoms with van der Waals surface area (Å²) in [4.78, 5) is 13.3. The molecule has 0 aliphatic carbocycles. The molecule has 0 saturated carbocycles. The molecule has 0 aliphatic rings. The first kappa shape index (κ1) is 13.0. The topological polar surface area (TPSA) is 38.8 Å². The van der Waals surface area contributed by atoms with Crippen molar-refractivity contribution < 1.29 is 14.3 Å². The van der Waals surface area contributed by atoms with Crippen molar-refractivity contribution >= 4 is 5.97 Å². The van der Waals surface area contributed by atoms with E-state index in [1.54, 1.807) is 6.92 Å². The van der Waals surface area contributed by atoms with Crippen LogP contribution in [0.15, 0.2) is 11.8 Å². The van der Waals surface area contributed by atoms with Gasteiger partial charge in [-0.15, -0.1) is 0 Å². The third kappa shape index (κ3) is 5.59. The summed E-state index contributed by atoms with van der Waals surface area (Å²) in [5, 5.41) is 0. The monoisotopic (exact) mass is 201 g/mol. The fourth-order valence-electron chi connectivity index (χ4n) is 0.898. The number of nitrogens with zero attached hydrogens (tertiary/aromatic N) is 1. The molecular weight excluding hydrogens is 182 g/mol. The van der Waals surface area contributed by atoms with Gasteiger partial charge in [0.05, 0.1) is 25.0 Å². The highest BCUT2D eigenvalue weighted by molar-refractivity contribution is 5.88. The molecule has 0 aromatic rings. The number of esters is 1. The van der Waals surface area contributed by atoms with Crippen molar-refractivity contribution in [1.82, 2.24) is 4.90 Å². The van der Waals surface area contributed by atoms with Crippen LogP contribution in [0.3, 0.4) is 0 Å². The molecule has 0 amide bonds. The van der Waals surface area contributed by atoms with Crippen molar-refractivity contribution in [1.29, 1.82) is 0 Å². The summed E-state index contributed by atoms with van der Waals surface area (Å²) >= 11 is 0. The molecule has 0 heterocycles. The average Bonchev–Trinajstić information content (AvgIpc) is 2.12. The lowest BCUT2D eigenvalue weighted by atomic mass is 10.3. The van der Waals surface area contributed by atoms with E-state index in [9.17, 15) is 4.79 Å². The highest BCUT2D eigenvalue weighted by Crippen LogP contribution is 2.00. The van der Waals surface area contributed by atoms with Gasteiger partial charge in [0, 0.05) is 6.54 Å². The Labute approximate surface area is 85.5 Å². The maximum absolute atomic E-state index is 11.4. The first-order valence-corrected chi connectivity index (χ1v) is 4.74. The maximum atomic E-state index is 11.4. The second-order valence-electron chi connectivity index (χ2n) is 3.06. The molecule has 0 unspecified atom stereocenters. The van der Waals surface area contributed by atoms with E-state index >= 15 is 0 Å². The van der Waals surface area contributed by atoms with Gasteiger partial charge < -0.3 is 14.4 Å². The largest absolute Gasteiger partial charge is 0.501 e. The summed E-state index contributed by atoms with van der Waals surface area (Å²) in [5.74, 6) is -0.311. The Hall–Kier alpha value is -1.03. The van der Waals surface area contributed by atoms with E-state index in [1.165, 1.54) is 6.26 Å². The quantitative estimate of drug-likeness (QED) is 0.365. The predicted octanol–water partition coefficient (Wildman–Crippen LogP) is 1.03. The number of ether oxygens (including phenoxy) is 2. The Morgan fingerprint density at radius 3 is 2.36 bits per heavy atom. The third-order valence-corrected chi connectivity index (χ3v) is 1.42. The lowest BCUT2D eigenvalue weighted by Crippen LogP contribution is -2.21. The Balaban J connectivity index is 4.30. The molecular formula is C10H19NO3. The van der Waals surface area contributed by atoms with Crippen LogP contribution in [0, 0.1) is 0 Å². The lowest BCUT2D eigenvalue weighted by Gasteiger charge is -2.12. The lowest BCUT2D eigenvalue weighted by molar-refractivity contribution is -0.138. The van der Waals surface area contributed by atoms with Crippen molar-refractivity contribution in [3.63, 3.8) is 0 Å². The summed E-state index contributed by atoms with van der Waals surface area (Å²) in [7, 11) is 3.78. The van der Waals surface area contributed by atoms with E-state index in [-0.39, 0.29) is 5.97 Å². The highest BCUT2D eigenvalue weighted by atomic mass is 16.5. The number of carbonyl (C=O) groups is 1. The summed E-state index contributed by atoms with van der Waals surface area (Å²) in [6.45, 7) is 5.12. The molecule has 4 nitrogen and oxygen atoms in total. The first-order valence-electron chi connectivity index (χ1n) is 4.74. The van der Waals surface area contributed by atoms with Crippen molar-refractivity contribution in [2.24, 2.45) is 0 Å². The second-order valence-corrected chi connectivity index (χ2v) is 3.06. The molecule has 0 radical (unpaired) electrons. The molecule has 0 fully saturated rings. The molecule has 0 rings (SSSR count). The number of hydrogen-bond donors (Lipinski definition) is 0. The molecule has 0 aliphatic heterocycles. The van der Waals surface area contributed by atoms with Crippen LogP contribution in [0.4, 0.5) is 0 Å². The van der Waals surface area contributed by atoms with E-state index in [1.807, 2.05) is 25.9 Å². The number of rotatable bonds is 6. The zero-order valence-electron chi connectivity index (χ0n) is 9.37. The molecule has 0 aromatic carbocycles. The zero-order valence-corrected chi connectivity index (χ0v) is 9.37. The van der Waals surface area contributed by atoms with Crippen molar-refractivity contribution in [3.8, 4) is 0 Å². The van der Waals surface area contributed by atoms with Gasteiger partial charge in [0.25, 0.3) is 0 Å². The fraction of sp³-hybridized carbons (Fsp3) is 0.700. The van der Waals surface area contributed by atoms with Gasteiger partial charge in [-0.25, -0.2) is 4.79 Å². The molecule has 0 bridgehead atoms. The summed E-state index contributed by atoms with van der Waals surface area (Å²) in [5.41, 5.74) is 0.540. The Morgan fingerprint density at radius 1 is 1.29 bits per heavy atom. The number of hydrogen-bond acceptors (Lipinski definition) is 4. The van der Waals surface area contributed by atoms with E-state index < -0.39 is 0 Å². The molecule has 0 spiro atoms. The fourth-order valence-corrected chi connectivity index (χ4v) is 0.898. The van der Waals surface area contributed by atoms with Crippen LogP contribution in [0.25, 0.3) is 0 Å². The standard InChI is InChI=1S/C10H19NO3/c1-5-13-8-9(7-11(3)4)10(12)14-6-2/h8H,5-7H2,1-4H3. The first-order chi connectivity index (χ1) is 6.61. The minimum Gasteiger partial charge on any atom is -0.501 e. The summed E-state index contributed by atoms with van der Waals surface area (Å²) < 4.78 is 9.96. The third-order valence-electron chi connectivity index (χ3n) is 1.42. The van der Waals surface area contributed by atoms with Crippen LogP contribution in [-0.4, -0.2) is 44.7 Å². The molecule has 14 heavy (non-hydrogen) atoms. The van der Waals surface area contributed by atoms with Gasteiger partial charge in [-0.05, 0) is 27.9 Å². The summed E-state index contributed by atoms with van der Waals surface area (Å²) in [6, 6.07) is 0. The van der Waals surface area contributed by atoms with Gasteiger partial charge in [-0.1, -0.05) is 0 Å². The van der Waals surface area contributed by atoms with Crippen LogP contribution in [0.1, 0.15) is 13.8 Å². The smallest absolute Gasteiger partial charge is 0.338 e. The van der Waals surface area contributed by atoms with Crippen LogP contribution < -0.4 is 0 Å². The van der Waals surface area contributed by atoms with Crippen LogP contribution >= 0.6 is 0 Å². The molecule has 0 aromatic heterocycles. The van der Waals surface area contributed by atoms with Crippen LogP contribution in [-0.2, 0) is 14.3 Å². The van der Waals surface area contributed by atoms with E-state index in [0.717, 1.165) is 0 Å². The Kier molecular flexibility index (Phi) is 6.84. The maximum Gasteiger partial charge on any atom is 0.338 e. The normalized spacial score (nSPS) is 11.6. The Morgan fingerprint density at radius 2 is 1.93 bits per heavy atom. The minimum atomic E-state index is -0.311. The van der Waals surface area contributed by atoms with Crippen LogP contribution in [0.2, 0.25) is 0 Å².